The van der Waals surface area contributed by atoms with Gasteiger partial charge in [-0.25, -0.2) is 27.5 Å². The fourth-order valence-electron chi connectivity index (χ4n) is 6.84. The lowest BCUT2D eigenvalue weighted by molar-refractivity contribution is 0.0983. The van der Waals surface area contributed by atoms with Crippen LogP contribution in [0, 0.1) is 30.1 Å². The van der Waals surface area contributed by atoms with E-state index in [0.717, 1.165) is 25.9 Å². The minimum Gasteiger partial charge on any atom is -0.355 e. The number of carbonyl (C=O) groups is 1. The summed E-state index contributed by atoms with van der Waals surface area (Å²) in [4.78, 5) is 44.6. The van der Waals surface area contributed by atoms with Gasteiger partial charge in [0.1, 0.15) is 28.9 Å². The van der Waals surface area contributed by atoms with E-state index in [1.165, 1.54) is 35.2 Å². The molecule has 5 aromatic rings. The van der Waals surface area contributed by atoms with Gasteiger partial charge in [0, 0.05) is 66.0 Å². The van der Waals surface area contributed by atoms with Gasteiger partial charge in [-0.3, -0.25) is 19.1 Å². The average Bonchev–Trinajstić information content (AvgIpc) is 3.71. The number of nitriles is 1. The van der Waals surface area contributed by atoms with Crippen molar-refractivity contribution < 1.29 is 17.6 Å². The lowest BCUT2D eigenvalue weighted by Gasteiger charge is -2.38. The number of benzene rings is 1. The zero-order valence-electron chi connectivity index (χ0n) is 29.8. The van der Waals surface area contributed by atoms with Crippen LogP contribution in [0.15, 0.2) is 46.8 Å². The molecule has 0 unspecified atom stereocenters. The van der Waals surface area contributed by atoms with E-state index in [1.54, 1.807) is 36.6 Å². The number of thiophene rings is 1. The van der Waals surface area contributed by atoms with E-state index in [4.69, 9.17) is 11.6 Å². The predicted octanol–water partition coefficient (Wildman–Crippen LogP) is 5.44. The van der Waals surface area contributed by atoms with Gasteiger partial charge in [-0.15, -0.1) is 11.3 Å². The van der Waals surface area contributed by atoms with Crippen LogP contribution < -0.4 is 15.2 Å². The van der Waals surface area contributed by atoms with Gasteiger partial charge in [0.15, 0.2) is 0 Å². The van der Waals surface area contributed by atoms with E-state index < -0.39 is 27.2 Å². The van der Waals surface area contributed by atoms with Crippen molar-refractivity contribution in [3.8, 4) is 29.0 Å². The van der Waals surface area contributed by atoms with Crippen molar-refractivity contribution in [3.05, 3.63) is 79.9 Å². The number of fused-ring (bicyclic) bond motifs is 2. The number of pyridine rings is 2. The van der Waals surface area contributed by atoms with E-state index in [1.807, 2.05) is 11.9 Å². The van der Waals surface area contributed by atoms with Crippen LogP contribution in [0.3, 0.4) is 0 Å². The van der Waals surface area contributed by atoms with Crippen molar-refractivity contribution in [1.29, 1.82) is 5.26 Å². The fraction of sp³-hybridized carbons (Fsp3) is 0.368. The molecule has 0 bridgehead atoms. The maximum absolute atomic E-state index is 14.4. The number of hydrogen-bond donors (Lipinski definition) is 1. The highest BCUT2D eigenvalue weighted by molar-refractivity contribution is 7.90. The van der Waals surface area contributed by atoms with Gasteiger partial charge in [-0.1, -0.05) is 23.4 Å². The Balaban J connectivity index is 1.18. The number of nitrogens with zero attached hydrogens (tertiary/aromatic N) is 7. The van der Waals surface area contributed by atoms with Crippen LogP contribution in [0.2, 0.25) is 5.02 Å². The second kappa shape index (κ2) is 14.7. The van der Waals surface area contributed by atoms with Gasteiger partial charge in [-0.2, -0.15) is 5.26 Å². The van der Waals surface area contributed by atoms with E-state index in [2.05, 4.69) is 42.5 Å². The third kappa shape index (κ3) is 7.42. The Bertz CT molecular complexity index is 2600. The van der Waals surface area contributed by atoms with Crippen LogP contribution in [0.5, 0.6) is 0 Å². The monoisotopic (exact) mass is 786 g/mol. The van der Waals surface area contributed by atoms with Crippen molar-refractivity contribution in [2.24, 2.45) is 0 Å². The zero-order valence-corrected chi connectivity index (χ0v) is 32.2. The first-order valence-electron chi connectivity index (χ1n) is 17.5. The Labute approximate surface area is 320 Å². The SMILES string of the molecule is CCS(=O)(=O)NC(=O)c1csc2c(-c3cc(Cl)ccc3C#CCn3c(C)nc4cnc(N(C)C5CCN(CC6(F)CC6)CC5)c(C#N)c4c3=O)ccnc12. The molecule has 4 aromatic heterocycles. The first-order chi connectivity index (χ1) is 25.8. The molecule has 12 nitrogen and oxygen atoms in total. The Kier molecular flexibility index (Phi) is 10.2. The minimum atomic E-state index is -3.78. The number of rotatable bonds is 9. The molecule has 5 heterocycles. The van der Waals surface area contributed by atoms with Gasteiger partial charge < -0.3 is 9.80 Å². The number of amides is 1. The Morgan fingerprint density at radius 2 is 1.96 bits per heavy atom. The van der Waals surface area contributed by atoms with Gasteiger partial charge >= 0.3 is 0 Å². The first kappa shape index (κ1) is 37.4. The molecule has 1 amide bonds. The van der Waals surface area contributed by atoms with Gasteiger partial charge in [0.2, 0.25) is 10.0 Å². The highest BCUT2D eigenvalue weighted by Gasteiger charge is 2.45. The topological polar surface area (TPSA) is 154 Å². The van der Waals surface area contributed by atoms with Crippen LogP contribution in [0.1, 0.15) is 59.9 Å². The van der Waals surface area contributed by atoms with E-state index in [-0.39, 0.29) is 34.9 Å². The Morgan fingerprint density at radius 1 is 1.20 bits per heavy atom. The fourth-order valence-corrected chi connectivity index (χ4v) is 8.58. The van der Waals surface area contributed by atoms with Gasteiger partial charge in [-0.05, 0) is 63.8 Å². The van der Waals surface area contributed by atoms with Crippen LogP contribution in [0.25, 0.3) is 32.2 Å². The summed E-state index contributed by atoms with van der Waals surface area (Å²) in [6, 6.07) is 9.26. The number of nitrogens with one attached hydrogen (secondary N) is 1. The molecule has 16 heteroatoms. The third-order valence-electron chi connectivity index (χ3n) is 10.1. The summed E-state index contributed by atoms with van der Waals surface area (Å²) in [5.41, 5.74) is 1.44. The summed E-state index contributed by atoms with van der Waals surface area (Å²) in [7, 11) is -1.90. The van der Waals surface area contributed by atoms with Crippen molar-refractivity contribution in [2.75, 3.05) is 37.3 Å². The van der Waals surface area contributed by atoms with Crippen molar-refractivity contribution in [2.45, 2.75) is 57.8 Å². The molecule has 0 atom stereocenters. The summed E-state index contributed by atoms with van der Waals surface area (Å²) in [5.74, 6) is 6.06. The summed E-state index contributed by atoms with van der Waals surface area (Å²) in [6.07, 6.45) is 5.88. The Hall–Kier alpha value is -4.93. The third-order valence-corrected chi connectivity index (χ3v) is 12.6. The zero-order chi connectivity index (χ0) is 38.4. The standard InChI is InChI=1S/C38H36ClFN8O4S2/c1-4-54(51,52)45-36(49)30-21-53-34-27(9-14-42-33(30)34)28-18-25(39)8-7-24(28)6-5-15-48-23(2)44-31-20-43-35(29(19-41)32(31)37(48)50)46(3)26-10-16-47(17-11-26)22-38(40)12-13-38/h7-9,14,18,20-21,26H,4,10-13,15-17,22H2,1-3H3,(H,45,49). The van der Waals surface area contributed by atoms with Crippen LogP contribution in [-0.4, -0.2) is 82.9 Å². The second-order valence-electron chi connectivity index (χ2n) is 13.7. The number of carbonyl (C=O) groups excluding carboxylic acids is 1. The molecule has 2 aliphatic rings. The number of alkyl halides is 1. The normalized spacial score (nSPS) is 15.8. The van der Waals surface area contributed by atoms with Crippen LogP contribution >= 0.6 is 22.9 Å². The summed E-state index contributed by atoms with van der Waals surface area (Å²) in [5, 5.41) is 12.5. The number of piperidine rings is 1. The molecular formula is C38H36ClFN8O4S2. The van der Waals surface area contributed by atoms with Gasteiger partial charge in [0.25, 0.3) is 11.5 Å². The number of aromatic nitrogens is 4. The molecule has 2 fully saturated rings. The number of halogens is 2. The minimum absolute atomic E-state index is 0.0243. The molecule has 0 spiro atoms. The molecule has 278 valence electrons. The number of likely N-dealkylation sites (tertiary alicyclic amines) is 1. The number of sulfonamides is 1. The van der Waals surface area contributed by atoms with E-state index in [9.17, 15) is 27.7 Å². The van der Waals surface area contributed by atoms with Crippen molar-refractivity contribution >= 4 is 65.8 Å². The van der Waals surface area contributed by atoms with Crippen molar-refractivity contribution in [3.63, 3.8) is 0 Å². The lowest BCUT2D eigenvalue weighted by atomic mass is 10.00. The van der Waals surface area contributed by atoms with Crippen molar-refractivity contribution in [1.82, 2.24) is 29.1 Å². The van der Waals surface area contributed by atoms with E-state index in [0.29, 0.717) is 68.5 Å². The first-order valence-corrected chi connectivity index (χ1v) is 20.4. The molecule has 1 aromatic carbocycles. The van der Waals surface area contributed by atoms with Gasteiger partial charge in [0.05, 0.1) is 45.2 Å². The quantitative estimate of drug-likeness (QED) is 0.191. The summed E-state index contributed by atoms with van der Waals surface area (Å²) < 4.78 is 42.6. The number of aryl methyl sites for hydroxylation is 1. The molecule has 0 radical (unpaired) electrons. The molecule has 7 rings (SSSR count). The average molecular weight is 787 g/mol. The maximum Gasteiger partial charge on any atom is 0.267 e. The number of hydrogen-bond acceptors (Lipinski definition) is 11. The lowest BCUT2D eigenvalue weighted by Crippen LogP contribution is -2.46. The van der Waals surface area contributed by atoms with Crippen LogP contribution in [-0.2, 0) is 16.6 Å². The highest BCUT2D eigenvalue weighted by Crippen LogP contribution is 2.41. The molecule has 1 aliphatic carbocycles. The summed E-state index contributed by atoms with van der Waals surface area (Å²) >= 11 is 7.68. The van der Waals surface area contributed by atoms with Crippen LogP contribution in [0.4, 0.5) is 10.2 Å². The Morgan fingerprint density at radius 3 is 2.67 bits per heavy atom. The molecule has 1 N–H and O–H groups in total. The summed E-state index contributed by atoms with van der Waals surface area (Å²) in [6.45, 7) is 5.08. The molecule has 54 heavy (non-hydrogen) atoms. The molecule has 1 aliphatic heterocycles. The smallest absolute Gasteiger partial charge is 0.267 e. The molecule has 1 saturated carbocycles. The molecular weight excluding hydrogens is 751 g/mol. The number of anilines is 1. The largest absolute Gasteiger partial charge is 0.355 e. The second-order valence-corrected chi connectivity index (χ2v) is 17.0. The highest BCUT2D eigenvalue weighted by atomic mass is 35.5. The van der Waals surface area contributed by atoms with E-state index >= 15 is 0 Å². The predicted molar refractivity (Wildman–Crippen MR) is 208 cm³/mol. The molecule has 1 saturated heterocycles. The maximum atomic E-state index is 14.4.